The van der Waals surface area contributed by atoms with Crippen LogP contribution < -0.4 is 10.1 Å². The van der Waals surface area contributed by atoms with Crippen molar-refractivity contribution in [3.8, 4) is 5.75 Å². The van der Waals surface area contributed by atoms with Crippen molar-refractivity contribution in [2.75, 3.05) is 12.4 Å². The van der Waals surface area contributed by atoms with Crippen LogP contribution in [0.1, 0.15) is 103 Å². The molecule has 0 bridgehead atoms. The molecule has 4 nitrogen and oxygen atoms in total. The summed E-state index contributed by atoms with van der Waals surface area (Å²) in [6.45, 7) is 30.0. The Balaban J connectivity index is 2.22. The molecule has 2 atom stereocenters. The third-order valence-electron chi connectivity index (χ3n) is 8.61. The standard InChI is InChI=1S/C28H51NO3Si2/c1-26(2,3)29-22-19-17-15-16-18(19)20-21(23(22)30-10)25(32-34(13,14)28(7,8)9)24(20)31-33(11,12)27(4,5)6/h24-25,29H,15-17H2,1-14H3/t24-,25-/m1/s1. The van der Waals surface area contributed by atoms with Gasteiger partial charge in [-0.2, -0.15) is 0 Å². The van der Waals surface area contributed by atoms with Crippen molar-refractivity contribution < 1.29 is 13.6 Å². The second-order valence-corrected chi connectivity index (χ2v) is 24.0. The Morgan fingerprint density at radius 1 is 0.706 bits per heavy atom. The molecule has 1 aromatic rings. The summed E-state index contributed by atoms with van der Waals surface area (Å²) in [5.74, 6) is 0.976. The molecule has 34 heavy (non-hydrogen) atoms. The van der Waals surface area contributed by atoms with Gasteiger partial charge in [-0.05, 0) is 93.0 Å². The quantitative estimate of drug-likeness (QED) is 0.393. The summed E-state index contributed by atoms with van der Waals surface area (Å²) in [7, 11) is -2.22. The van der Waals surface area contributed by atoms with E-state index in [9.17, 15) is 0 Å². The van der Waals surface area contributed by atoms with Crippen LogP contribution in [0.2, 0.25) is 36.3 Å². The lowest BCUT2D eigenvalue weighted by Crippen LogP contribution is -2.49. The average molecular weight is 506 g/mol. The van der Waals surface area contributed by atoms with Gasteiger partial charge in [0.25, 0.3) is 0 Å². The largest absolute Gasteiger partial charge is 0.494 e. The van der Waals surface area contributed by atoms with Gasteiger partial charge in [0.05, 0.1) is 12.8 Å². The minimum absolute atomic E-state index is 0.00514. The molecule has 0 saturated heterocycles. The van der Waals surface area contributed by atoms with E-state index in [-0.39, 0.29) is 27.8 Å². The molecular formula is C28H51NO3Si2. The van der Waals surface area contributed by atoms with Gasteiger partial charge >= 0.3 is 0 Å². The summed E-state index contributed by atoms with van der Waals surface area (Å²) in [5, 5.41) is 4.07. The average Bonchev–Trinajstić information content (AvgIpc) is 3.10. The fourth-order valence-corrected chi connectivity index (χ4v) is 7.10. The predicted molar refractivity (Wildman–Crippen MR) is 150 cm³/mol. The zero-order valence-electron chi connectivity index (χ0n) is 24.5. The van der Waals surface area contributed by atoms with Crippen LogP contribution in [0.3, 0.4) is 0 Å². The maximum atomic E-state index is 7.16. The molecule has 0 unspecified atom stereocenters. The number of hydrogen-bond donors (Lipinski definition) is 1. The van der Waals surface area contributed by atoms with Gasteiger partial charge in [0, 0.05) is 11.1 Å². The van der Waals surface area contributed by atoms with Crippen LogP contribution in [-0.4, -0.2) is 29.3 Å². The molecule has 6 heteroatoms. The highest BCUT2D eigenvalue weighted by molar-refractivity contribution is 6.74. The number of benzene rings is 1. The first-order chi connectivity index (χ1) is 15.2. The van der Waals surface area contributed by atoms with Crippen molar-refractivity contribution >= 4 is 22.3 Å². The monoisotopic (exact) mass is 505 g/mol. The molecule has 0 radical (unpaired) electrons. The van der Waals surface area contributed by atoms with Crippen molar-refractivity contribution in [3.05, 3.63) is 22.3 Å². The third kappa shape index (κ3) is 4.89. The van der Waals surface area contributed by atoms with Crippen molar-refractivity contribution in [1.82, 2.24) is 0 Å². The highest BCUT2D eigenvalue weighted by atomic mass is 28.4. The predicted octanol–water partition coefficient (Wildman–Crippen LogP) is 8.53. The summed E-state index contributed by atoms with van der Waals surface area (Å²) >= 11 is 0. The van der Waals surface area contributed by atoms with E-state index < -0.39 is 16.6 Å². The number of methoxy groups -OCH3 is 1. The number of ether oxygens (including phenoxy) is 1. The van der Waals surface area contributed by atoms with Gasteiger partial charge in [-0.1, -0.05) is 41.5 Å². The fourth-order valence-electron chi connectivity index (χ4n) is 4.64. The van der Waals surface area contributed by atoms with Gasteiger partial charge in [0.2, 0.25) is 0 Å². The Bertz CT molecular complexity index is 933. The smallest absolute Gasteiger partial charge is 0.193 e. The molecule has 0 saturated carbocycles. The molecule has 0 aliphatic heterocycles. The molecule has 0 aromatic heterocycles. The molecule has 2 aliphatic rings. The van der Waals surface area contributed by atoms with E-state index in [2.05, 4.69) is 93.8 Å². The van der Waals surface area contributed by atoms with Crippen molar-refractivity contribution in [2.45, 2.75) is 136 Å². The molecule has 1 aromatic carbocycles. The Morgan fingerprint density at radius 3 is 1.56 bits per heavy atom. The molecule has 1 N–H and O–H groups in total. The molecule has 194 valence electrons. The molecule has 0 fully saturated rings. The molecule has 0 amide bonds. The first kappa shape index (κ1) is 27.8. The van der Waals surface area contributed by atoms with E-state index in [1.165, 1.54) is 34.4 Å². The number of rotatable bonds is 6. The Kier molecular flexibility index (Phi) is 7.05. The maximum Gasteiger partial charge on any atom is 0.193 e. The fraction of sp³-hybridized carbons (Fsp3) is 0.786. The topological polar surface area (TPSA) is 39.7 Å². The highest BCUT2D eigenvalue weighted by Gasteiger charge is 2.54. The second kappa shape index (κ2) is 8.64. The Hall–Kier alpha value is -0.826. The lowest BCUT2D eigenvalue weighted by molar-refractivity contribution is 0.00136. The summed E-state index contributed by atoms with van der Waals surface area (Å²) in [5.41, 5.74) is 6.66. The van der Waals surface area contributed by atoms with Gasteiger partial charge in [0.15, 0.2) is 16.6 Å². The first-order valence-electron chi connectivity index (χ1n) is 13.1. The molecule has 2 aliphatic carbocycles. The van der Waals surface area contributed by atoms with Crippen LogP contribution in [0.15, 0.2) is 0 Å². The van der Waals surface area contributed by atoms with Gasteiger partial charge in [-0.3, -0.25) is 0 Å². The number of hydrogen-bond acceptors (Lipinski definition) is 4. The number of anilines is 1. The highest BCUT2D eigenvalue weighted by Crippen LogP contribution is 2.62. The van der Waals surface area contributed by atoms with E-state index in [1.54, 1.807) is 0 Å². The number of nitrogens with one attached hydrogen (secondary N) is 1. The normalized spacial score (nSPS) is 21.1. The SMILES string of the molecule is COc1c(NC(C)(C)C)c2c(c3c1[C@@H](O[Si](C)(C)C(C)(C)C)[C@@H]3O[Si](C)(C)C(C)(C)C)CCC2. The Labute approximate surface area is 211 Å². The van der Waals surface area contributed by atoms with Gasteiger partial charge in [0.1, 0.15) is 18.0 Å². The van der Waals surface area contributed by atoms with Crippen LogP contribution in [0.25, 0.3) is 0 Å². The van der Waals surface area contributed by atoms with Crippen LogP contribution in [0.4, 0.5) is 5.69 Å². The Morgan fingerprint density at radius 2 is 1.15 bits per heavy atom. The number of fused-ring (bicyclic) bond motifs is 3. The summed E-state index contributed by atoms with van der Waals surface area (Å²) < 4.78 is 20.5. The van der Waals surface area contributed by atoms with E-state index in [0.717, 1.165) is 18.6 Å². The van der Waals surface area contributed by atoms with Crippen LogP contribution in [0.5, 0.6) is 5.75 Å². The second-order valence-electron chi connectivity index (χ2n) is 14.5. The van der Waals surface area contributed by atoms with Crippen LogP contribution in [0, 0.1) is 0 Å². The maximum absolute atomic E-state index is 7.16. The van der Waals surface area contributed by atoms with Crippen LogP contribution in [-0.2, 0) is 21.7 Å². The van der Waals surface area contributed by atoms with E-state index in [4.69, 9.17) is 13.6 Å². The lowest BCUT2D eigenvalue weighted by atomic mass is 9.76. The zero-order valence-corrected chi connectivity index (χ0v) is 26.5. The van der Waals surface area contributed by atoms with E-state index >= 15 is 0 Å². The lowest BCUT2D eigenvalue weighted by Gasteiger charge is -2.51. The summed E-state index contributed by atoms with van der Waals surface area (Å²) in [6.07, 6.45) is 3.32. The summed E-state index contributed by atoms with van der Waals surface area (Å²) in [6, 6.07) is 0. The van der Waals surface area contributed by atoms with E-state index in [1.807, 2.05) is 7.11 Å². The van der Waals surface area contributed by atoms with Crippen molar-refractivity contribution in [1.29, 1.82) is 0 Å². The van der Waals surface area contributed by atoms with Crippen molar-refractivity contribution in [2.24, 2.45) is 0 Å². The molecular weight excluding hydrogens is 454 g/mol. The zero-order chi connectivity index (χ0) is 26.1. The molecule has 0 heterocycles. The van der Waals surface area contributed by atoms with Gasteiger partial charge < -0.3 is 18.9 Å². The minimum atomic E-state index is -2.04. The van der Waals surface area contributed by atoms with E-state index in [0.29, 0.717) is 0 Å². The van der Waals surface area contributed by atoms with Crippen LogP contribution >= 0.6 is 0 Å². The molecule has 3 rings (SSSR count). The van der Waals surface area contributed by atoms with Gasteiger partial charge in [-0.15, -0.1) is 0 Å². The van der Waals surface area contributed by atoms with Crippen molar-refractivity contribution in [3.63, 3.8) is 0 Å². The van der Waals surface area contributed by atoms with Gasteiger partial charge in [-0.25, -0.2) is 0 Å². The first-order valence-corrected chi connectivity index (χ1v) is 18.9. The minimum Gasteiger partial charge on any atom is -0.494 e. The third-order valence-corrected chi connectivity index (χ3v) is 17.5. The summed E-state index contributed by atoms with van der Waals surface area (Å²) in [4.78, 5) is 0. The molecule has 0 spiro atoms.